The van der Waals surface area contributed by atoms with Crippen LogP contribution in [0.5, 0.6) is 0 Å². The Balaban J connectivity index is 1.87. The zero-order valence-corrected chi connectivity index (χ0v) is 12.3. The highest BCUT2D eigenvalue weighted by molar-refractivity contribution is 6.33. The summed E-state index contributed by atoms with van der Waals surface area (Å²) in [7, 11) is 0. The van der Waals surface area contributed by atoms with Crippen molar-refractivity contribution in [3.05, 3.63) is 41.6 Å². The van der Waals surface area contributed by atoms with E-state index in [0.717, 1.165) is 17.7 Å². The van der Waals surface area contributed by atoms with Gasteiger partial charge in [0.15, 0.2) is 0 Å². The van der Waals surface area contributed by atoms with Crippen molar-refractivity contribution in [2.75, 3.05) is 17.2 Å². The quantitative estimate of drug-likeness (QED) is 0.909. The van der Waals surface area contributed by atoms with Crippen LogP contribution in [0.2, 0.25) is 5.02 Å². The number of anilines is 2. The van der Waals surface area contributed by atoms with Gasteiger partial charge in [-0.15, -0.1) is 0 Å². The van der Waals surface area contributed by atoms with Gasteiger partial charge >= 0.3 is 0 Å². The standard InChI is InChI=1S/C16H18ClN3/c1-11-3-2-8-20(11)14-6-4-12(5-7-14)13-9-15(17)16(18)19-10-13/h4-7,9-11H,2-3,8H2,1H3,(H2,18,19)/t11-/m0/s1. The molecule has 0 radical (unpaired) electrons. The number of halogens is 1. The molecule has 1 saturated heterocycles. The number of rotatable bonds is 2. The van der Waals surface area contributed by atoms with E-state index < -0.39 is 0 Å². The van der Waals surface area contributed by atoms with Crippen molar-refractivity contribution >= 4 is 23.1 Å². The highest BCUT2D eigenvalue weighted by Crippen LogP contribution is 2.29. The summed E-state index contributed by atoms with van der Waals surface area (Å²) in [6.45, 7) is 3.43. The van der Waals surface area contributed by atoms with Crippen molar-refractivity contribution in [3.63, 3.8) is 0 Å². The van der Waals surface area contributed by atoms with E-state index in [0.29, 0.717) is 16.9 Å². The fourth-order valence-electron chi connectivity index (χ4n) is 2.77. The molecule has 0 unspecified atom stereocenters. The van der Waals surface area contributed by atoms with Crippen LogP contribution in [0, 0.1) is 0 Å². The summed E-state index contributed by atoms with van der Waals surface area (Å²) in [6, 6.07) is 11.1. The Morgan fingerprint density at radius 1 is 1.25 bits per heavy atom. The lowest BCUT2D eigenvalue weighted by Crippen LogP contribution is -2.25. The van der Waals surface area contributed by atoms with Gasteiger partial charge in [-0.1, -0.05) is 23.7 Å². The Bertz CT molecular complexity index is 610. The number of aromatic nitrogens is 1. The summed E-state index contributed by atoms with van der Waals surface area (Å²) in [5.41, 5.74) is 9.02. The number of nitrogen functional groups attached to an aromatic ring is 1. The number of hydrogen-bond donors (Lipinski definition) is 1. The molecule has 2 heterocycles. The molecular weight excluding hydrogens is 270 g/mol. The van der Waals surface area contributed by atoms with Gasteiger partial charge in [0.25, 0.3) is 0 Å². The molecule has 0 amide bonds. The normalized spacial score (nSPS) is 18.5. The van der Waals surface area contributed by atoms with Crippen LogP contribution in [0.15, 0.2) is 36.5 Å². The van der Waals surface area contributed by atoms with E-state index in [-0.39, 0.29) is 0 Å². The molecule has 104 valence electrons. The minimum absolute atomic E-state index is 0.373. The summed E-state index contributed by atoms with van der Waals surface area (Å²) < 4.78 is 0. The van der Waals surface area contributed by atoms with E-state index in [2.05, 4.69) is 41.1 Å². The average Bonchev–Trinajstić information content (AvgIpc) is 2.88. The van der Waals surface area contributed by atoms with Gasteiger partial charge in [0.2, 0.25) is 0 Å². The van der Waals surface area contributed by atoms with Crippen LogP contribution >= 0.6 is 11.6 Å². The van der Waals surface area contributed by atoms with E-state index in [4.69, 9.17) is 17.3 Å². The lowest BCUT2D eigenvalue weighted by molar-refractivity contribution is 0.735. The second-order valence-electron chi connectivity index (χ2n) is 5.32. The topological polar surface area (TPSA) is 42.2 Å². The second kappa shape index (κ2) is 5.33. The highest BCUT2D eigenvalue weighted by Gasteiger charge is 2.20. The van der Waals surface area contributed by atoms with E-state index in [9.17, 15) is 0 Å². The third kappa shape index (κ3) is 2.46. The minimum atomic E-state index is 0.373. The Labute approximate surface area is 124 Å². The lowest BCUT2D eigenvalue weighted by atomic mass is 10.1. The maximum atomic E-state index is 6.02. The van der Waals surface area contributed by atoms with Gasteiger partial charge in [-0.05, 0) is 43.5 Å². The Hall–Kier alpha value is -1.74. The van der Waals surface area contributed by atoms with E-state index in [1.807, 2.05) is 6.07 Å². The maximum absolute atomic E-state index is 6.02. The molecule has 1 atom stereocenters. The SMILES string of the molecule is C[C@H]1CCCN1c1ccc(-c2cnc(N)c(Cl)c2)cc1. The van der Waals surface area contributed by atoms with Gasteiger partial charge in [-0.3, -0.25) is 0 Å². The van der Waals surface area contributed by atoms with E-state index in [1.54, 1.807) is 6.20 Å². The minimum Gasteiger partial charge on any atom is -0.382 e. The molecule has 3 nitrogen and oxygen atoms in total. The average molecular weight is 288 g/mol. The molecule has 0 bridgehead atoms. The summed E-state index contributed by atoms with van der Waals surface area (Å²) in [4.78, 5) is 6.56. The van der Waals surface area contributed by atoms with Crippen LogP contribution in [0.1, 0.15) is 19.8 Å². The number of nitrogens with two attached hydrogens (primary N) is 1. The molecule has 1 aromatic heterocycles. The van der Waals surface area contributed by atoms with Crippen molar-refractivity contribution in [2.45, 2.75) is 25.8 Å². The molecule has 20 heavy (non-hydrogen) atoms. The fraction of sp³-hybridized carbons (Fsp3) is 0.312. The zero-order valence-electron chi connectivity index (χ0n) is 11.5. The van der Waals surface area contributed by atoms with E-state index in [1.165, 1.54) is 18.5 Å². The van der Waals surface area contributed by atoms with Gasteiger partial charge in [-0.25, -0.2) is 4.98 Å². The first-order chi connectivity index (χ1) is 9.65. The molecule has 2 aromatic rings. The molecule has 1 fully saturated rings. The summed E-state index contributed by atoms with van der Waals surface area (Å²) in [5, 5.41) is 0.500. The van der Waals surface area contributed by atoms with Gasteiger partial charge < -0.3 is 10.6 Å². The molecule has 2 N–H and O–H groups in total. The van der Waals surface area contributed by atoms with E-state index >= 15 is 0 Å². The molecule has 1 aliphatic rings. The summed E-state index contributed by atoms with van der Waals surface area (Å²) in [6.07, 6.45) is 4.31. The third-order valence-corrected chi connectivity index (χ3v) is 4.26. The van der Waals surface area contributed by atoms with Gasteiger partial charge in [-0.2, -0.15) is 0 Å². The zero-order chi connectivity index (χ0) is 14.1. The van der Waals surface area contributed by atoms with Crippen molar-refractivity contribution in [1.82, 2.24) is 4.98 Å². The van der Waals surface area contributed by atoms with Crippen molar-refractivity contribution in [2.24, 2.45) is 0 Å². The summed E-state index contributed by atoms with van der Waals surface area (Å²) in [5.74, 6) is 0.373. The highest BCUT2D eigenvalue weighted by atomic mass is 35.5. The molecule has 4 heteroatoms. The maximum Gasteiger partial charge on any atom is 0.142 e. The molecular formula is C16H18ClN3. The van der Waals surface area contributed by atoms with Crippen LogP contribution in [0.25, 0.3) is 11.1 Å². The second-order valence-corrected chi connectivity index (χ2v) is 5.73. The molecule has 1 aromatic carbocycles. The number of nitrogens with zero attached hydrogens (tertiary/aromatic N) is 2. The fourth-order valence-corrected chi connectivity index (χ4v) is 2.93. The number of hydrogen-bond acceptors (Lipinski definition) is 3. The van der Waals surface area contributed by atoms with Crippen molar-refractivity contribution in [1.29, 1.82) is 0 Å². The predicted octanol–water partition coefficient (Wildman–Crippen LogP) is 3.97. The Morgan fingerprint density at radius 2 is 2.00 bits per heavy atom. The number of benzene rings is 1. The Kier molecular flexibility index (Phi) is 3.53. The number of pyridine rings is 1. The molecule has 1 aliphatic heterocycles. The van der Waals surface area contributed by atoms with Gasteiger partial charge in [0.1, 0.15) is 5.82 Å². The lowest BCUT2D eigenvalue weighted by Gasteiger charge is -2.23. The first kappa shape index (κ1) is 13.3. The van der Waals surface area contributed by atoms with Crippen LogP contribution < -0.4 is 10.6 Å². The summed E-state index contributed by atoms with van der Waals surface area (Å²) >= 11 is 6.02. The Morgan fingerprint density at radius 3 is 2.60 bits per heavy atom. The molecule has 0 spiro atoms. The van der Waals surface area contributed by atoms with Gasteiger partial charge in [0.05, 0.1) is 5.02 Å². The predicted molar refractivity (Wildman–Crippen MR) is 85.1 cm³/mol. The molecule has 0 saturated carbocycles. The van der Waals surface area contributed by atoms with Crippen molar-refractivity contribution < 1.29 is 0 Å². The molecule has 3 rings (SSSR count). The van der Waals surface area contributed by atoms with Crippen LogP contribution in [0.4, 0.5) is 11.5 Å². The first-order valence-electron chi connectivity index (χ1n) is 6.93. The first-order valence-corrected chi connectivity index (χ1v) is 7.31. The monoisotopic (exact) mass is 287 g/mol. The van der Waals surface area contributed by atoms with Crippen molar-refractivity contribution in [3.8, 4) is 11.1 Å². The third-order valence-electron chi connectivity index (χ3n) is 3.95. The van der Waals surface area contributed by atoms with Gasteiger partial charge in [0, 0.05) is 30.0 Å². The van der Waals surface area contributed by atoms with Crippen LogP contribution in [0.3, 0.4) is 0 Å². The van der Waals surface area contributed by atoms with Crippen LogP contribution in [-0.2, 0) is 0 Å². The molecule has 0 aliphatic carbocycles. The van der Waals surface area contributed by atoms with Crippen LogP contribution in [-0.4, -0.2) is 17.6 Å². The smallest absolute Gasteiger partial charge is 0.142 e. The largest absolute Gasteiger partial charge is 0.382 e.